The standard InChI is InChI=1S/C13H17ClN2O2/c14-10-5-11(16-12(6-10)15-2-3-17)13-1-4-18-8-9(13)7-13/h5-6,9,17H,1-4,7-8H2,(H,15,16). The fourth-order valence-electron chi connectivity index (χ4n) is 2.85. The van der Waals surface area contributed by atoms with Crippen LogP contribution in [0.5, 0.6) is 0 Å². The van der Waals surface area contributed by atoms with Gasteiger partial charge in [0.1, 0.15) is 5.82 Å². The second-order valence-electron chi connectivity index (χ2n) is 5.09. The first-order chi connectivity index (χ1) is 8.74. The van der Waals surface area contributed by atoms with Gasteiger partial charge in [-0.3, -0.25) is 0 Å². The van der Waals surface area contributed by atoms with Gasteiger partial charge in [0.15, 0.2) is 0 Å². The number of pyridine rings is 1. The predicted octanol–water partition coefficient (Wildman–Crippen LogP) is 1.82. The molecule has 0 radical (unpaired) electrons. The van der Waals surface area contributed by atoms with Crippen molar-refractivity contribution < 1.29 is 9.84 Å². The van der Waals surface area contributed by atoms with Gasteiger partial charge in [-0.05, 0) is 30.9 Å². The number of ether oxygens (including phenoxy) is 1. The Kier molecular flexibility index (Phi) is 3.18. The van der Waals surface area contributed by atoms with Gasteiger partial charge in [-0.2, -0.15) is 0 Å². The van der Waals surface area contributed by atoms with Gasteiger partial charge in [0, 0.05) is 23.6 Å². The molecule has 2 aliphatic rings. The van der Waals surface area contributed by atoms with Gasteiger partial charge in [-0.25, -0.2) is 4.98 Å². The van der Waals surface area contributed by atoms with Crippen LogP contribution in [-0.2, 0) is 10.2 Å². The second kappa shape index (κ2) is 4.68. The third-order valence-electron chi connectivity index (χ3n) is 3.96. The molecule has 5 heteroatoms. The molecule has 2 atom stereocenters. The zero-order valence-corrected chi connectivity index (χ0v) is 10.9. The van der Waals surface area contributed by atoms with E-state index in [-0.39, 0.29) is 12.0 Å². The molecule has 3 rings (SSSR count). The summed E-state index contributed by atoms with van der Waals surface area (Å²) in [5.74, 6) is 1.35. The van der Waals surface area contributed by atoms with Crippen LogP contribution in [0.1, 0.15) is 18.5 Å². The Hall–Kier alpha value is -0.840. The normalized spacial score (nSPS) is 29.8. The van der Waals surface area contributed by atoms with E-state index in [1.54, 1.807) is 6.07 Å². The van der Waals surface area contributed by atoms with E-state index in [0.29, 0.717) is 17.5 Å². The summed E-state index contributed by atoms with van der Waals surface area (Å²) in [6.45, 7) is 2.23. The molecule has 0 amide bonds. The highest BCUT2D eigenvalue weighted by Crippen LogP contribution is 2.58. The minimum absolute atomic E-state index is 0.0884. The van der Waals surface area contributed by atoms with E-state index < -0.39 is 0 Å². The maximum absolute atomic E-state index is 8.83. The van der Waals surface area contributed by atoms with Gasteiger partial charge >= 0.3 is 0 Å². The molecule has 1 aromatic heterocycles. The van der Waals surface area contributed by atoms with Crippen LogP contribution in [0.25, 0.3) is 0 Å². The summed E-state index contributed by atoms with van der Waals surface area (Å²) in [5.41, 5.74) is 1.27. The Morgan fingerprint density at radius 3 is 3.22 bits per heavy atom. The van der Waals surface area contributed by atoms with E-state index in [1.165, 1.54) is 0 Å². The molecular weight excluding hydrogens is 252 g/mol. The monoisotopic (exact) mass is 268 g/mol. The van der Waals surface area contributed by atoms with Crippen LogP contribution >= 0.6 is 11.6 Å². The molecule has 1 saturated carbocycles. The predicted molar refractivity (Wildman–Crippen MR) is 70.0 cm³/mol. The highest BCUT2D eigenvalue weighted by atomic mass is 35.5. The van der Waals surface area contributed by atoms with E-state index in [0.717, 1.165) is 37.6 Å². The van der Waals surface area contributed by atoms with Crippen LogP contribution in [0.4, 0.5) is 5.82 Å². The van der Waals surface area contributed by atoms with E-state index in [2.05, 4.69) is 10.3 Å². The molecule has 4 nitrogen and oxygen atoms in total. The molecule has 1 aromatic rings. The van der Waals surface area contributed by atoms with Gasteiger partial charge in [0.2, 0.25) is 0 Å². The molecule has 2 heterocycles. The van der Waals surface area contributed by atoms with Crippen molar-refractivity contribution in [2.24, 2.45) is 5.92 Å². The molecule has 2 N–H and O–H groups in total. The number of aliphatic hydroxyl groups is 1. The molecule has 98 valence electrons. The van der Waals surface area contributed by atoms with Gasteiger partial charge in [-0.15, -0.1) is 0 Å². The number of anilines is 1. The first-order valence-electron chi connectivity index (χ1n) is 6.35. The van der Waals surface area contributed by atoms with E-state index in [1.807, 2.05) is 6.07 Å². The summed E-state index contributed by atoms with van der Waals surface area (Å²) in [4.78, 5) is 4.65. The molecule has 1 aliphatic heterocycles. The summed E-state index contributed by atoms with van der Waals surface area (Å²) in [7, 11) is 0. The zero-order chi connectivity index (χ0) is 12.6. The Bertz CT molecular complexity index is 455. The number of aliphatic hydroxyl groups excluding tert-OH is 1. The number of aromatic nitrogens is 1. The number of halogens is 1. The third kappa shape index (κ3) is 2.09. The van der Waals surface area contributed by atoms with Crippen molar-refractivity contribution >= 4 is 17.4 Å². The Morgan fingerprint density at radius 2 is 2.44 bits per heavy atom. The van der Waals surface area contributed by atoms with Crippen LogP contribution in [0.15, 0.2) is 12.1 Å². The van der Waals surface area contributed by atoms with E-state index in [4.69, 9.17) is 21.4 Å². The smallest absolute Gasteiger partial charge is 0.127 e. The van der Waals surface area contributed by atoms with E-state index >= 15 is 0 Å². The quantitative estimate of drug-likeness (QED) is 0.875. The summed E-state index contributed by atoms with van der Waals surface area (Å²) >= 11 is 6.15. The Labute approximate surface area is 111 Å². The van der Waals surface area contributed by atoms with Gasteiger partial charge < -0.3 is 15.2 Å². The van der Waals surface area contributed by atoms with E-state index in [9.17, 15) is 0 Å². The molecule has 0 spiro atoms. The molecule has 1 saturated heterocycles. The molecule has 1 aliphatic carbocycles. The highest BCUT2D eigenvalue weighted by molar-refractivity contribution is 6.30. The van der Waals surface area contributed by atoms with Crippen LogP contribution < -0.4 is 5.32 Å². The largest absolute Gasteiger partial charge is 0.395 e. The van der Waals surface area contributed by atoms with Crippen molar-refractivity contribution in [2.45, 2.75) is 18.3 Å². The molecule has 2 fully saturated rings. The number of hydrogen-bond acceptors (Lipinski definition) is 4. The van der Waals surface area contributed by atoms with Crippen molar-refractivity contribution in [3.63, 3.8) is 0 Å². The van der Waals surface area contributed by atoms with Crippen molar-refractivity contribution in [3.05, 3.63) is 22.8 Å². The van der Waals surface area contributed by atoms with Crippen molar-refractivity contribution in [1.29, 1.82) is 0 Å². The molecule has 2 unspecified atom stereocenters. The molecule has 0 aromatic carbocycles. The first-order valence-corrected chi connectivity index (χ1v) is 6.73. The number of fused-ring (bicyclic) bond motifs is 1. The maximum atomic E-state index is 8.83. The van der Waals surface area contributed by atoms with Gasteiger partial charge in [0.25, 0.3) is 0 Å². The fraction of sp³-hybridized carbons (Fsp3) is 0.615. The zero-order valence-electron chi connectivity index (χ0n) is 10.2. The summed E-state index contributed by atoms with van der Waals surface area (Å²) in [5, 5.41) is 12.6. The number of nitrogens with one attached hydrogen (secondary N) is 1. The van der Waals surface area contributed by atoms with Gasteiger partial charge in [-0.1, -0.05) is 11.6 Å². The lowest BCUT2D eigenvalue weighted by molar-refractivity contribution is 0.0794. The van der Waals surface area contributed by atoms with Crippen molar-refractivity contribution in [3.8, 4) is 0 Å². The minimum Gasteiger partial charge on any atom is -0.395 e. The van der Waals surface area contributed by atoms with Crippen LogP contribution in [-0.4, -0.2) is 36.5 Å². The summed E-state index contributed by atoms with van der Waals surface area (Å²) in [6.07, 6.45) is 2.18. The Morgan fingerprint density at radius 1 is 1.56 bits per heavy atom. The first kappa shape index (κ1) is 12.2. The average Bonchev–Trinajstić information content (AvgIpc) is 3.11. The molecule has 0 bridgehead atoms. The van der Waals surface area contributed by atoms with Gasteiger partial charge in [0.05, 0.1) is 18.9 Å². The van der Waals surface area contributed by atoms with Crippen LogP contribution in [0.3, 0.4) is 0 Å². The van der Waals surface area contributed by atoms with Crippen LogP contribution in [0.2, 0.25) is 5.02 Å². The summed E-state index contributed by atoms with van der Waals surface area (Å²) in [6, 6.07) is 3.77. The lowest BCUT2D eigenvalue weighted by Crippen LogP contribution is -2.23. The SMILES string of the molecule is OCCNc1cc(Cl)cc(C23CCOCC2C3)n1. The lowest BCUT2D eigenvalue weighted by Gasteiger charge is -2.22. The average molecular weight is 269 g/mol. The Balaban J connectivity index is 1.85. The third-order valence-corrected chi connectivity index (χ3v) is 4.18. The molecular formula is C13H17ClN2O2. The molecule has 18 heavy (non-hydrogen) atoms. The number of hydrogen-bond donors (Lipinski definition) is 2. The topological polar surface area (TPSA) is 54.4 Å². The van der Waals surface area contributed by atoms with Crippen LogP contribution in [0, 0.1) is 5.92 Å². The second-order valence-corrected chi connectivity index (χ2v) is 5.52. The minimum atomic E-state index is 0.0884. The lowest BCUT2D eigenvalue weighted by atomic mass is 9.93. The maximum Gasteiger partial charge on any atom is 0.127 e. The van der Waals surface area contributed by atoms with Crippen molar-refractivity contribution in [1.82, 2.24) is 4.98 Å². The summed E-state index contributed by atoms with van der Waals surface area (Å²) < 4.78 is 5.49. The van der Waals surface area contributed by atoms with Crippen molar-refractivity contribution in [2.75, 3.05) is 31.7 Å². The highest BCUT2D eigenvalue weighted by Gasteiger charge is 2.57. The number of rotatable bonds is 4. The fourth-order valence-corrected chi connectivity index (χ4v) is 3.06. The number of nitrogens with zero attached hydrogens (tertiary/aromatic N) is 1.